The molecule has 0 unspecified atom stereocenters. The number of fused-ring (bicyclic) bond motifs is 1. The van der Waals surface area contributed by atoms with Gasteiger partial charge in [0.1, 0.15) is 11.5 Å². The van der Waals surface area contributed by atoms with Crippen molar-refractivity contribution in [3.05, 3.63) is 41.5 Å². The van der Waals surface area contributed by atoms with Crippen molar-refractivity contribution < 1.29 is 13.7 Å². The van der Waals surface area contributed by atoms with E-state index in [2.05, 4.69) is 44.1 Å². The van der Waals surface area contributed by atoms with E-state index in [4.69, 9.17) is 8.94 Å². The number of hydrogen-bond donors (Lipinski definition) is 1. The highest BCUT2D eigenvalue weighted by Crippen LogP contribution is 2.27. The van der Waals surface area contributed by atoms with Gasteiger partial charge in [0.05, 0.1) is 22.9 Å². The molecule has 0 aliphatic rings. The summed E-state index contributed by atoms with van der Waals surface area (Å²) in [6, 6.07) is 5.27. The van der Waals surface area contributed by atoms with E-state index in [-0.39, 0.29) is 5.91 Å². The maximum Gasteiger partial charge on any atom is 0.259 e. The fourth-order valence-electron chi connectivity index (χ4n) is 3.57. The molecular weight excluding hydrogens is 428 g/mol. The van der Waals surface area contributed by atoms with E-state index in [0.717, 1.165) is 30.4 Å². The van der Waals surface area contributed by atoms with Crippen molar-refractivity contribution in [3.63, 3.8) is 0 Å². The standard InChI is InChI=1S/C22H26N6O3S/c1-13(2)12-28-18(25-26-22(28)32-4)8-5-9-23-20(29)15-11-16(17-7-6-10-30-17)24-21-19(15)14(3)27-31-21/h6-7,10-11,13H,5,8-9,12H2,1-4H3,(H,23,29). The van der Waals surface area contributed by atoms with E-state index in [9.17, 15) is 4.79 Å². The quantitative estimate of drug-likeness (QED) is 0.297. The van der Waals surface area contributed by atoms with Crippen LogP contribution in [-0.4, -0.2) is 43.6 Å². The Morgan fingerprint density at radius 1 is 1.31 bits per heavy atom. The number of rotatable bonds is 9. The summed E-state index contributed by atoms with van der Waals surface area (Å²) in [6.07, 6.45) is 5.05. The Labute approximate surface area is 190 Å². The minimum atomic E-state index is -0.204. The maximum absolute atomic E-state index is 13.0. The number of aryl methyl sites for hydroxylation is 2. The number of carbonyl (C=O) groups excluding carboxylic acids is 1. The molecule has 0 saturated carbocycles. The fraction of sp³-hybridized carbons (Fsp3) is 0.409. The molecule has 0 saturated heterocycles. The third-order valence-electron chi connectivity index (χ3n) is 5.02. The Morgan fingerprint density at radius 2 is 2.16 bits per heavy atom. The molecule has 0 atom stereocenters. The normalized spacial score (nSPS) is 11.5. The van der Waals surface area contributed by atoms with E-state index >= 15 is 0 Å². The zero-order valence-corrected chi connectivity index (χ0v) is 19.4. The number of thioether (sulfide) groups is 1. The van der Waals surface area contributed by atoms with Crippen LogP contribution in [0.25, 0.3) is 22.6 Å². The van der Waals surface area contributed by atoms with Gasteiger partial charge in [-0.05, 0) is 43.7 Å². The van der Waals surface area contributed by atoms with Crippen LogP contribution in [-0.2, 0) is 13.0 Å². The van der Waals surface area contributed by atoms with Crippen LogP contribution >= 0.6 is 11.8 Å². The van der Waals surface area contributed by atoms with Crippen LogP contribution in [0.3, 0.4) is 0 Å². The summed E-state index contributed by atoms with van der Waals surface area (Å²) in [5.41, 5.74) is 1.92. The van der Waals surface area contributed by atoms with Crippen LogP contribution < -0.4 is 5.32 Å². The summed E-state index contributed by atoms with van der Waals surface area (Å²) < 4.78 is 12.9. The van der Waals surface area contributed by atoms with Gasteiger partial charge in [-0.15, -0.1) is 10.2 Å². The van der Waals surface area contributed by atoms with Crippen LogP contribution in [0.2, 0.25) is 0 Å². The van der Waals surface area contributed by atoms with Gasteiger partial charge in [-0.3, -0.25) is 4.79 Å². The van der Waals surface area contributed by atoms with E-state index < -0.39 is 0 Å². The van der Waals surface area contributed by atoms with Gasteiger partial charge in [-0.25, -0.2) is 4.98 Å². The van der Waals surface area contributed by atoms with Crippen molar-refractivity contribution in [2.75, 3.05) is 12.8 Å². The first-order valence-electron chi connectivity index (χ1n) is 10.5. The number of nitrogens with one attached hydrogen (secondary N) is 1. The van der Waals surface area contributed by atoms with E-state index in [1.54, 1.807) is 43.1 Å². The Balaban J connectivity index is 1.46. The molecule has 32 heavy (non-hydrogen) atoms. The molecule has 0 aliphatic heterocycles. The Hall–Kier alpha value is -3.14. The molecule has 0 aliphatic carbocycles. The largest absolute Gasteiger partial charge is 0.463 e. The predicted molar refractivity (Wildman–Crippen MR) is 122 cm³/mol. The summed E-state index contributed by atoms with van der Waals surface area (Å²) in [7, 11) is 0. The molecule has 1 amide bonds. The lowest BCUT2D eigenvalue weighted by molar-refractivity contribution is 0.0954. The second-order valence-electron chi connectivity index (χ2n) is 7.95. The number of pyridine rings is 1. The van der Waals surface area contributed by atoms with Crippen molar-refractivity contribution in [2.45, 2.75) is 45.3 Å². The van der Waals surface area contributed by atoms with E-state index in [1.807, 2.05) is 6.26 Å². The second-order valence-corrected chi connectivity index (χ2v) is 8.72. The molecule has 0 bridgehead atoms. The molecule has 168 valence electrons. The average Bonchev–Trinajstić information content (AvgIpc) is 3.51. The number of amides is 1. The SMILES string of the molecule is CSc1nnc(CCCNC(=O)c2cc(-c3ccco3)nc3onc(C)c23)n1CC(C)C. The zero-order chi connectivity index (χ0) is 22.7. The van der Waals surface area contributed by atoms with Gasteiger partial charge in [-0.2, -0.15) is 0 Å². The predicted octanol–water partition coefficient (Wildman–Crippen LogP) is 4.12. The summed E-state index contributed by atoms with van der Waals surface area (Å²) in [6.45, 7) is 7.52. The Kier molecular flexibility index (Phi) is 6.59. The van der Waals surface area contributed by atoms with Crippen LogP contribution in [0, 0.1) is 12.8 Å². The van der Waals surface area contributed by atoms with Gasteiger partial charge in [0.25, 0.3) is 11.6 Å². The maximum atomic E-state index is 13.0. The first-order chi connectivity index (χ1) is 15.5. The fourth-order valence-corrected chi connectivity index (χ4v) is 4.09. The van der Waals surface area contributed by atoms with Crippen LogP contribution in [0.5, 0.6) is 0 Å². The molecular formula is C22H26N6O3S. The first-order valence-corrected chi connectivity index (χ1v) is 11.8. The molecule has 4 heterocycles. The topological polar surface area (TPSA) is 112 Å². The third kappa shape index (κ3) is 4.55. The minimum Gasteiger partial charge on any atom is -0.463 e. The summed E-state index contributed by atoms with van der Waals surface area (Å²) in [5, 5.41) is 17.1. The number of carbonyl (C=O) groups is 1. The van der Waals surface area contributed by atoms with Crippen molar-refractivity contribution >= 4 is 28.8 Å². The van der Waals surface area contributed by atoms with Gasteiger partial charge < -0.3 is 18.8 Å². The Morgan fingerprint density at radius 3 is 2.88 bits per heavy atom. The van der Waals surface area contributed by atoms with Gasteiger partial charge in [-0.1, -0.05) is 30.8 Å². The number of furan rings is 1. The average molecular weight is 455 g/mol. The molecule has 1 N–H and O–H groups in total. The molecule has 0 fully saturated rings. The number of aromatic nitrogens is 5. The molecule has 0 aromatic carbocycles. The van der Waals surface area contributed by atoms with Gasteiger partial charge >= 0.3 is 0 Å². The van der Waals surface area contributed by atoms with Crippen molar-refractivity contribution in [1.29, 1.82) is 0 Å². The van der Waals surface area contributed by atoms with Crippen molar-refractivity contribution in [3.8, 4) is 11.5 Å². The monoisotopic (exact) mass is 454 g/mol. The summed E-state index contributed by atoms with van der Waals surface area (Å²) >= 11 is 1.59. The van der Waals surface area contributed by atoms with Crippen LogP contribution in [0.15, 0.2) is 38.6 Å². The van der Waals surface area contributed by atoms with Crippen LogP contribution in [0.1, 0.15) is 42.1 Å². The molecule has 9 nitrogen and oxygen atoms in total. The second kappa shape index (κ2) is 9.56. The number of nitrogens with zero attached hydrogens (tertiary/aromatic N) is 5. The van der Waals surface area contributed by atoms with Crippen LogP contribution in [0.4, 0.5) is 0 Å². The van der Waals surface area contributed by atoms with Gasteiger partial charge in [0.15, 0.2) is 10.9 Å². The third-order valence-corrected chi connectivity index (χ3v) is 5.69. The highest BCUT2D eigenvalue weighted by molar-refractivity contribution is 7.98. The molecule has 4 aromatic heterocycles. The zero-order valence-electron chi connectivity index (χ0n) is 18.6. The molecule has 0 spiro atoms. The highest BCUT2D eigenvalue weighted by atomic mass is 32.2. The summed E-state index contributed by atoms with van der Waals surface area (Å²) in [4.78, 5) is 17.5. The molecule has 0 radical (unpaired) electrons. The first kappa shape index (κ1) is 22.1. The smallest absolute Gasteiger partial charge is 0.259 e. The minimum absolute atomic E-state index is 0.204. The molecule has 4 aromatic rings. The van der Waals surface area contributed by atoms with Gasteiger partial charge in [0.2, 0.25) is 0 Å². The lowest BCUT2D eigenvalue weighted by atomic mass is 10.1. The van der Waals surface area contributed by atoms with Crippen molar-refractivity contribution in [1.82, 2.24) is 30.2 Å². The van der Waals surface area contributed by atoms with E-state index in [1.165, 1.54) is 0 Å². The lowest BCUT2D eigenvalue weighted by Crippen LogP contribution is -2.25. The molecule has 10 heteroatoms. The van der Waals surface area contributed by atoms with E-state index in [0.29, 0.717) is 46.3 Å². The van der Waals surface area contributed by atoms with Gasteiger partial charge in [0, 0.05) is 19.5 Å². The number of hydrogen-bond acceptors (Lipinski definition) is 8. The highest BCUT2D eigenvalue weighted by Gasteiger charge is 2.20. The Bertz CT molecular complexity index is 1210. The van der Waals surface area contributed by atoms with Crippen molar-refractivity contribution in [2.24, 2.45) is 5.92 Å². The molecule has 4 rings (SSSR count). The summed E-state index contributed by atoms with van der Waals surface area (Å²) in [5.74, 6) is 1.80. The lowest BCUT2D eigenvalue weighted by Gasteiger charge is -2.12.